The molecule has 154 valence electrons. The lowest BCUT2D eigenvalue weighted by molar-refractivity contribution is -0.126. The molecule has 1 fully saturated rings. The van der Waals surface area contributed by atoms with E-state index >= 15 is 0 Å². The molecular weight excluding hydrogens is 392 g/mol. The van der Waals surface area contributed by atoms with Crippen molar-refractivity contribution in [3.05, 3.63) is 58.8 Å². The highest BCUT2D eigenvalue weighted by Crippen LogP contribution is 2.36. The molecule has 3 aliphatic rings. The van der Waals surface area contributed by atoms with Gasteiger partial charge >= 0.3 is 6.03 Å². The smallest absolute Gasteiger partial charge is 0.322 e. The average Bonchev–Trinajstić information content (AvgIpc) is 3.05. The summed E-state index contributed by atoms with van der Waals surface area (Å²) in [5, 5.41) is 3.54. The molecule has 29 heavy (non-hydrogen) atoms. The second kappa shape index (κ2) is 8.57. The van der Waals surface area contributed by atoms with Crippen molar-refractivity contribution in [2.75, 3.05) is 52.5 Å². The van der Waals surface area contributed by atoms with Gasteiger partial charge in [-0.15, -0.1) is 6.58 Å². The number of rotatable bonds is 6. The van der Waals surface area contributed by atoms with Crippen LogP contribution in [-0.4, -0.2) is 79.1 Å². The van der Waals surface area contributed by atoms with Gasteiger partial charge in [0.1, 0.15) is 0 Å². The van der Waals surface area contributed by atoms with Crippen molar-refractivity contribution in [1.29, 1.82) is 0 Å². The normalized spacial score (nSPS) is 22.7. The van der Waals surface area contributed by atoms with Crippen LogP contribution in [0, 0.1) is 0 Å². The molecule has 0 aromatic heterocycles. The predicted molar refractivity (Wildman–Crippen MR) is 110 cm³/mol. The van der Waals surface area contributed by atoms with E-state index in [9.17, 15) is 9.59 Å². The van der Waals surface area contributed by atoms with Crippen molar-refractivity contribution in [2.45, 2.75) is 6.04 Å². The van der Waals surface area contributed by atoms with Crippen LogP contribution in [0.1, 0.15) is 11.6 Å². The number of halogens is 1. The number of carbonyl (C=O) groups is 2. The fourth-order valence-electron chi connectivity index (χ4n) is 4.07. The van der Waals surface area contributed by atoms with E-state index in [0.29, 0.717) is 30.2 Å². The van der Waals surface area contributed by atoms with Crippen molar-refractivity contribution >= 4 is 23.5 Å². The van der Waals surface area contributed by atoms with Crippen LogP contribution >= 0.6 is 11.6 Å². The van der Waals surface area contributed by atoms with Gasteiger partial charge in [-0.25, -0.2) is 4.79 Å². The summed E-state index contributed by atoms with van der Waals surface area (Å²) >= 11 is 6.16. The first-order valence-corrected chi connectivity index (χ1v) is 10.2. The van der Waals surface area contributed by atoms with Crippen LogP contribution in [0.3, 0.4) is 0 Å². The van der Waals surface area contributed by atoms with Crippen molar-refractivity contribution in [1.82, 2.24) is 20.0 Å². The molecule has 4 rings (SSSR count). The van der Waals surface area contributed by atoms with E-state index in [1.807, 2.05) is 17.0 Å². The summed E-state index contributed by atoms with van der Waals surface area (Å²) in [7, 11) is 0. The van der Waals surface area contributed by atoms with Crippen molar-refractivity contribution in [2.24, 2.45) is 0 Å². The SMILES string of the molecule is C=CCN1C(=O)N[C@H](c2cccc(Cl)c2)C2=C1CN(CCN1CCOCC1)C2=O. The number of benzene rings is 1. The lowest BCUT2D eigenvalue weighted by Crippen LogP contribution is -2.47. The minimum Gasteiger partial charge on any atom is -0.379 e. The minimum atomic E-state index is -0.502. The average molecular weight is 417 g/mol. The highest BCUT2D eigenvalue weighted by molar-refractivity contribution is 6.30. The van der Waals surface area contributed by atoms with Gasteiger partial charge in [0.05, 0.1) is 37.1 Å². The van der Waals surface area contributed by atoms with Gasteiger partial charge in [-0.05, 0) is 17.7 Å². The zero-order chi connectivity index (χ0) is 20.4. The van der Waals surface area contributed by atoms with Gasteiger partial charge in [-0.2, -0.15) is 0 Å². The van der Waals surface area contributed by atoms with E-state index in [1.54, 1.807) is 23.1 Å². The molecule has 3 amide bonds. The zero-order valence-electron chi connectivity index (χ0n) is 16.3. The Morgan fingerprint density at radius 3 is 2.76 bits per heavy atom. The largest absolute Gasteiger partial charge is 0.379 e. The summed E-state index contributed by atoms with van der Waals surface area (Å²) in [6.07, 6.45) is 1.67. The van der Waals surface area contributed by atoms with Crippen LogP contribution in [0.5, 0.6) is 0 Å². The van der Waals surface area contributed by atoms with Gasteiger partial charge in [-0.1, -0.05) is 29.8 Å². The topological polar surface area (TPSA) is 65.1 Å². The second-order valence-electron chi connectivity index (χ2n) is 7.38. The molecule has 1 atom stereocenters. The Morgan fingerprint density at radius 2 is 2.03 bits per heavy atom. The van der Waals surface area contributed by atoms with E-state index in [0.717, 1.165) is 44.1 Å². The van der Waals surface area contributed by atoms with E-state index in [-0.39, 0.29) is 11.9 Å². The van der Waals surface area contributed by atoms with Crippen LogP contribution in [-0.2, 0) is 9.53 Å². The second-order valence-corrected chi connectivity index (χ2v) is 7.81. The Kier molecular flexibility index (Phi) is 5.89. The fourth-order valence-corrected chi connectivity index (χ4v) is 4.27. The third-order valence-electron chi connectivity index (χ3n) is 5.58. The van der Waals surface area contributed by atoms with E-state index < -0.39 is 6.04 Å². The van der Waals surface area contributed by atoms with Gasteiger partial charge in [0, 0.05) is 37.7 Å². The summed E-state index contributed by atoms with van der Waals surface area (Å²) in [5.74, 6) is -0.0349. The summed E-state index contributed by atoms with van der Waals surface area (Å²) in [5.41, 5.74) is 2.18. The van der Waals surface area contributed by atoms with Crippen molar-refractivity contribution in [3.8, 4) is 0 Å². The molecule has 0 aliphatic carbocycles. The molecule has 1 N–H and O–H groups in total. The molecule has 1 aromatic rings. The number of hydrogen-bond donors (Lipinski definition) is 1. The van der Waals surface area contributed by atoms with Crippen molar-refractivity contribution in [3.63, 3.8) is 0 Å². The highest BCUT2D eigenvalue weighted by atomic mass is 35.5. The van der Waals surface area contributed by atoms with E-state index in [2.05, 4.69) is 16.8 Å². The van der Waals surface area contributed by atoms with Crippen LogP contribution in [0.4, 0.5) is 4.79 Å². The molecular formula is C21H25ClN4O3. The molecule has 3 heterocycles. The Morgan fingerprint density at radius 1 is 1.24 bits per heavy atom. The van der Waals surface area contributed by atoms with Gasteiger partial charge < -0.3 is 15.0 Å². The number of carbonyl (C=O) groups excluding carboxylic acids is 2. The van der Waals surface area contributed by atoms with E-state index in [1.165, 1.54) is 0 Å². The Labute approximate surface area is 175 Å². The molecule has 0 bridgehead atoms. The van der Waals surface area contributed by atoms with E-state index in [4.69, 9.17) is 16.3 Å². The number of hydrogen-bond acceptors (Lipinski definition) is 4. The maximum Gasteiger partial charge on any atom is 0.322 e. The summed E-state index contributed by atoms with van der Waals surface area (Å²) in [6, 6.07) is 6.56. The zero-order valence-corrected chi connectivity index (χ0v) is 17.0. The van der Waals surface area contributed by atoms with Crippen LogP contribution < -0.4 is 5.32 Å². The number of nitrogens with zero attached hydrogens (tertiary/aromatic N) is 3. The number of nitrogens with one attached hydrogen (secondary N) is 1. The molecule has 8 heteroatoms. The lowest BCUT2D eigenvalue weighted by atomic mass is 9.95. The molecule has 0 saturated carbocycles. The molecule has 3 aliphatic heterocycles. The summed E-state index contributed by atoms with van der Waals surface area (Å²) < 4.78 is 5.39. The van der Waals surface area contributed by atoms with Crippen molar-refractivity contribution < 1.29 is 14.3 Å². The highest BCUT2D eigenvalue weighted by Gasteiger charge is 2.43. The molecule has 7 nitrogen and oxygen atoms in total. The maximum absolute atomic E-state index is 13.3. The number of urea groups is 1. The maximum atomic E-state index is 13.3. The summed E-state index contributed by atoms with van der Waals surface area (Å²) in [4.78, 5) is 31.8. The van der Waals surface area contributed by atoms with Crippen LogP contribution in [0.2, 0.25) is 5.02 Å². The Bertz CT molecular complexity index is 850. The van der Waals surface area contributed by atoms with Gasteiger partial charge in [0.15, 0.2) is 0 Å². The third kappa shape index (κ3) is 4.03. The standard InChI is InChI=1S/C21H25ClN4O3/c1-2-6-26-17-14-25(8-7-24-9-11-29-12-10-24)20(27)18(17)19(23-21(26)28)15-4-3-5-16(22)13-15/h2-5,13,19H,1,6-12,14H2,(H,23,28)/t19-/m1/s1. The molecule has 0 unspecified atom stereocenters. The monoisotopic (exact) mass is 416 g/mol. The molecule has 1 saturated heterocycles. The third-order valence-corrected chi connectivity index (χ3v) is 5.82. The molecule has 0 radical (unpaired) electrons. The quantitative estimate of drug-likeness (QED) is 0.720. The minimum absolute atomic E-state index is 0.0349. The van der Waals surface area contributed by atoms with Gasteiger partial charge in [0.2, 0.25) is 0 Å². The first-order valence-electron chi connectivity index (χ1n) is 9.85. The predicted octanol–water partition coefficient (Wildman–Crippen LogP) is 2.02. The Hall–Kier alpha value is -2.35. The number of amides is 3. The first-order chi connectivity index (χ1) is 14.1. The summed E-state index contributed by atoms with van der Waals surface area (Å²) in [6.45, 7) is 9.15. The fraction of sp³-hybridized carbons (Fsp3) is 0.429. The van der Waals surface area contributed by atoms with Gasteiger partial charge in [0.25, 0.3) is 5.91 Å². The lowest BCUT2D eigenvalue weighted by Gasteiger charge is -2.33. The molecule has 1 aromatic carbocycles. The molecule has 0 spiro atoms. The van der Waals surface area contributed by atoms with Crippen LogP contribution in [0.25, 0.3) is 0 Å². The first kappa shape index (κ1) is 19.9. The van der Waals surface area contributed by atoms with Crippen LogP contribution in [0.15, 0.2) is 48.2 Å². The van der Waals surface area contributed by atoms with Gasteiger partial charge in [-0.3, -0.25) is 14.6 Å². The number of ether oxygens (including phenoxy) is 1. The number of morpholine rings is 1. The Balaban J connectivity index is 1.59.